The molecule has 3 heteroatoms. The van der Waals surface area contributed by atoms with E-state index in [9.17, 15) is 4.79 Å². The van der Waals surface area contributed by atoms with Gasteiger partial charge in [-0.2, -0.15) is 0 Å². The molecule has 17 heavy (non-hydrogen) atoms. The minimum absolute atomic E-state index is 0.0660. The lowest BCUT2D eigenvalue weighted by Crippen LogP contribution is -2.26. The Morgan fingerprint density at radius 2 is 2.24 bits per heavy atom. The normalized spacial score (nSPS) is 16.9. The predicted molar refractivity (Wildman–Crippen MR) is 68.7 cm³/mol. The maximum absolute atomic E-state index is 12.3. The summed E-state index contributed by atoms with van der Waals surface area (Å²) < 4.78 is 5.56. The first kappa shape index (κ1) is 12.6. The van der Waals surface area contributed by atoms with E-state index in [1.165, 1.54) is 0 Å². The van der Waals surface area contributed by atoms with Crippen LogP contribution < -0.4 is 0 Å². The standard InChI is InChI=1S/C14H17ClO2/c1-3-17-14(10-6-7-10)13(16)11-5-4-9(2)12(15)8-11/h4-5,8,10,14H,3,6-7H2,1-2H3. The van der Waals surface area contributed by atoms with Gasteiger partial charge in [0.1, 0.15) is 6.10 Å². The monoisotopic (exact) mass is 252 g/mol. The Morgan fingerprint density at radius 3 is 2.76 bits per heavy atom. The van der Waals surface area contributed by atoms with Gasteiger partial charge in [0, 0.05) is 17.2 Å². The molecule has 2 rings (SSSR count). The van der Waals surface area contributed by atoms with Crippen molar-refractivity contribution < 1.29 is 9.53 Å². The van der Waals surface area contributed by atoms with Gasteiger partial charge in [-0.05, 0) is 44.2 Å². The van der Waals surface area contributed by atoms with Crippen LogP contribution >= 0.6 is 11.6 Å². The lowest BCUT2D eigenvalue weighted by Gasteiger charge is -2.15. The maximum atomic E-state index is 12.3. The Kier molecular flexibility index (Phi) is 3.85. The topological polar surface area (TPSA) is 26.3 Å². The zero-order valence-electron chi connectivity index (χ0n) is 10.2. The fraction of sp³-hybridized carbons (Fsp3) is 0.500. The number of Topliss-reactive ketones (excluding diaryl/α,β-unsaturated/α-hetero) is 1. The number of rotatable bonds is 5. The molecule has 0 radical (unpaired) electrons. The number of benzene rings is 1. The van der Waals surface area contributed by atoms with E-state index in [4.69, 9.17) is 16.3 Å². The highest BCUT2D eigenvalue weighted by atomic mass is 35.5. The van der Waals surface area contributed by atoms with Crippen molar-refractivity contribution in [2.45, 2.75) is 32.8 Å². The summed E-state index contributed by atoms with van der Waals surface area (Å²) in [5.41, 5.74) is 1.65. The lowest BCUT2D eigenvalue weighted by molar-refractivity contribution is 0.0374. The minimum Gasteiger partial charge on any atom is -0.370 e. The molecular formula is C14H17ClO2. The van der Waals surface area contributed by atoms with Crippen LogP contribution in [0, 0.1) is 12.8 Å². The van der Waals surface area contributed by atoms with E-state index in [1.54, 1.807) is 6.07 Å². The van der Waals surface area contributed by atoms with Gasteiger partial charge >= 0.3 is 0 Å². The Bertz CT molecular complexity index is 424. The molecule has 1 aromatic rings. The average Bonchev–Trinajstić information content (AvgIpc) is 3.13. The van der Waals surface area contributed by atoms with Gasteiger partial charge in [0.25, 0.3) is 0 Å². The molecule has 1 atom stereocenters. The summed E-state index contributed by atoms with van der Waals surface area (Å²) in [6.45, 7) is 4.43. The Balaban J connectivity index is 2.19. The third-order valence-electron chi connectivity index (χ3n) is 3.11. The van der Waals surface area contributed by atoms with Crippen molar-refractivity contribution in [2.75, 3.05) is 6.61 Å². The Labute approximate surface area is 107 Å². The van der Waals surface area contributed by atoms with Crippen LogP contribution in [0.2, 0.25) is 5.02 Å². The molecule has 2 nitrogen and oxygen atoms in total. The molecule has 0 heterocycles. The van der Waals surface area contributed by atoms with Gasteiger partial charge in [-0.3, -0.25) is 4.79 Å². The van der Waals surface area contributed by atoms with E-state index in [-0.39, 0.29) is 11.9 Å². The van der Waals surface area contributed by atoms with Crippen molar-refractivity contribution in [3.8, 4) is 0 Å². The fourth-order valence-corrected chi connectivity index (χ4v) is 2.10. The molecule has 1 saturated carbocycles. The number of ether oxygens (including phenoxy) is 1. The molecular weight excluding hydrogens is 236 g/mol. The highest BCUT2D eigenvalue weighted by molar-refractivity contribution is 6.31. The highest BCUT2D eigenvalue weighted by Crippen LogP contribution is 2.36. The van der Waals surface area contributed by atoms with E-state index in [0.717, 1.165) is 18.4 Å². The van der Waals surface area contributed by atoms with Gasteiger partial charge in [-0.15, -0.1) is 0 Å². The van der Waals surface area contributed by atoms with Crippen LogP contribution in [0.1, 0.15) is 35.7 Å². The summed E-state index contributed by atoms with van der Waals surface area (Å²) in [5.74, 6) is 0.471. The van der Waals surface area contributed by atoms with E-state index < -0.39 is 0 Å². The van der Waals surface area contributed by atoms with Gasteiger partial charge in [0.15, 0.2) is 5.78 Å². The molecule has 1 aliphatic carbocycles. The number of hydrogen-bond donors (Lipinski definition) is 0. The summed E-state index contributed by atoms with van der Waals surface area (Å²) in [6, 6.07) is 5.46. The van der Waals surface area contributed by atoms with Crippen molar-refractivity contribution in [1.29, 1.82) is 0 Å². The van der Waals surface area contributed by atoms with Crippen molar-refractivity contribution in [1.82, 2.24) is 0 Å². The number of aryl methyl sites for hydroxylation is 1. The molecule has 1 unspecified atom stereocenters. The molecule has 0 spiro atoms. The molecule has 1 aromatic carbocycles. The molecule has 0 N–H and O–H groups in total. The van der Waals surface area contributed by atoms with Crippen molar-refractivity contribution in [3.63, 3.8) is 0 Å². The minimum atomic E-state index is -0.279. The summed E-state index contributed by atoms with van der Waals surface area (Å²) in [4.78, 5) is 12.3. The number of carbonyl (C=O) groups excluding carboxylic acids is 1. The first-order valence-corrected chi connectivity index (χ1v) is 6.43. The number of carbonyl (C=O) groups is 1. The first-order valence-electron chi connectivity index (χ1n) is 6.05. The van der Waals surface area contributed by atoms with Crippen LogP contribution in [0.5, 0.6) is 0 Å². The number of ketones is 1. The quantitative estimate of drug-likeness (QED) is 0.748. The second kappa shape index (κ2) is 5.19. The SMILES string of the molecule is CCOC(C(=O)c1ccc(C)c(Cl)c1)C1CC1. The molecule has 92 valence electrons. The predicted octanol–water partition coefficient (Wildman–Crippen LogP) is 3.65. The van der Waals surface area contributed by atoms with E-state index >= 15 is 0 Å². The van der Waals surface area contributed by atoms with E-state index in [2.05, 4.69) is 0 Å². The van der Waals surface area contributed by atoms with E-state index in [0.29, 0.717) is 23.1 Å². The molecule has 0 aromatic heterocycles. The molecule has 1 aliphatic rings. The summed E-state index contributed by atoms with van der Waals surface area (Å²) in [7, 11) is 0. The van der Waals surface area contributed by atoms with Crippen molar-refractivity contribution in [3.05, 3.63) is 34.3 Å². The molecule has 0 bridgehead atoms. The third-order valence-corrected chi connectivity index (χ3v) is 3.52. The zero-order chi connectivity index (χ0) is 12.4. The molecule has 0 aliphatic heterocycles. The smallest absolute Gasteiger partial charge is 0.191 e. The summed E-state index contributed by atoms with van der Waals surface area (Å²) >= 11 is 6.04. The largest absolute Gasteiger partial charge is 0.370 e. The van der Waals surface area contributed by atoms with Gasteiger partial charge in [-0.25, -0.2) is 0 Å². The third kappa shape index (κ3) is 2.88. The summed E-state index contributed by atoms with van der Waals surface area (Å²) in [5, 5.41) is 0.641. The van der Waals surface area contributed by atoms with E-state index in [1.807, 2.05) is 26.0 Å². The second-order valence-corrected chi connectivity index (χ2v) is 4.95. The van der Waals surface area contributed by atoms with Crippen LogP contribution in [-0.2, 0) is 4.74 Å². The van der Waals surface area contributed by atoms with Gasteiger partial charge in [-0.1, -0.05) is 23.7 Å². The number of hydrogen-bond acceptors (Lipinski definition) is 2. The van der Waals surface area contributed by atoms with Crippen molar-refractivity contribution in [2.24, 2.45) is 5.92 Å². The molecule has 1 fully saturated rings. The van der Waals surface area contributed by atoms with Crippen molar-refractivity contribution >= 4 is 17.4 Å². The van der Waals surface area contributed by atoms with Crippen LogP contribution in [0.3, 0.4) is 0 Å². The second-order valence-electron chi connectivity index (χ2n) is 4.54. The van der Waals surface area contributed by atoms with Crippen LogP contribution in [-0.4, -0.2) is 18.5 Å². The first-order chi connectivity index (χ1) is 8.13. The zero-order valence-corrected chi connectivity index (χ0v) is 11.0. The van der Waals surface area contributed by atoms with Gasteiger partial charge in [0.2, 0.25) is 0 Å². The Hall–Kier alpha value is -0.860. The fourth-order valence-electron chi connectivity index (χ4n) is 1.91. The molecule has 0 saturated heterocycles. The Morgan fingerprint density at radius 1 is 1.53 bits per heavy atom. The molecule has 0 amide bonds. The van der Waals surface area contributed by atoms with Gasteiger partial charge in [0.05, 0.1) is 0 Å². The maximum Gasteiger partial charge on any atom is 0.191 e. The lowest BCUT2D eigenvalue weighted by atomic mass is 10.0. The van der Waals surface area contributed by atoms with Crippen LogP contribution in [0.4, 0.5) is 0 Å². The summed E-state index contributed by atoms with van der Waals surface area (Å²) in [6.07, 6.45) is 1.91. The van der Waals surface area contributed by atoms with Gasteiger partial charge < -0.3 is 4.74 Å². The van der Waals surface area contributed by atoms with Crippen LogP contribution in [0.15, 0.2) is 18.2 Å². The average molecular weight is 253 g/mol. The number of halogens is 1. The van der Waals surface area contributed by atoms with Crippen LogP contribution in [0.25, 0.3) is 0 Å². The highest BCUT2D eigenvalue weighted by Gasteiger charge is 2.37.